The highest BCUT2D eigenvalue weighted by Crippen LogP contribution is 2.62. The maximum atomic E-state index is 14.1. The lowest BCUT2D eigenvalue weighted by molar-refractivity contribution is -0.452. The van der Waals surface area contributed by atoms with E-state index in [0.717, 1.165) is 18.4 Å². The normalized spacial score (nSPS) is 16.1. The van der Waals surface area contributed by atoms with E-state index < -0.39 is 67.3 Å². The fraction of sp³-hybridized carbons (Fsp3) is 0.649. The first-order chi connectivity index (χ1) is 25.9. The molecule has 3 rings (SSSR count). The molecule has 19 heteroatoms. The summed E-state index contributed by atoms with van der Waals surface area (Å²) in [6.07, 6.45) is 0.611. The number of rotatable bonds is 24. The second kappa shape index (κ2) is 18.8. The van der Waals surface area contributed by atoms with E-state index >= 15 is 0 Å². The Hall–Kier alpha value is -3.54. The molecule has 0 fully saturated rings. The minimum Gasteiger partial charge on any atom is -0.494 e. The molecule has 2 aromatic rings. The molecule has 0 aromatic heterocycles. The van der Waals surface area contributed by atoms with Gasteiger partial charge in [-0.25, -0.2) is 0 Å². The van der Waals surface area contributed by atoms with Gasteiger partial charge in [0.05, 0.1) is 18.9 Å². The largest absolute Gasteiger partial charge is 0.494 e. The Balaban J connectivity index is 1.44. The van der Waals surface area contributed by atoms with Gasteiger partial charge in [0, 0.05) is 12.8 Å². The number of alkyl halides is 15. The summed E-state index contributed by atoms with van der Waals surface area (Å²) >= 11 is 0. The predicted molar refractivity (Wildman–Crippen MR) is 176 cm³/mol. The van der Waals surface area contributed by atoms with Gasteiger partial charge >= 0.3 is 41.7 Å². The second-order valence-corrected chi connectivity index (χ2v) is 13.5. The molecule has 0 spiro atoms. The molecular formula is C37H42F15NO3. The van der Waals surface area contributed by atoms with Crippen molar-refractivity contribution in [2.75, 3.05) is 13.2 Å². The van der Waals surface area contributed by atoms with Crippen LogP contribution in [0.3, 0.4) is 0 Å². The summed E-state index contributed by atoms with van der Waals surface area (Å²) in [5.41, 5.74) is 1.84. The van der Waals surface area contributed by atoms with Crippen molar-refractivity contribution < 1.29 is 80.2 Å². The molecule has 0 radical (unpaired) electrons. The van der Waals surface area contributed by atoms with Crippen LogP contribution in [0.15, 0.2) is 53.7 Å². The molecule has 56 heavy (non-hydrogen) atoms. The van der Waals surface area contributed by atoms with Crippen molar-refractivity contribution in [1.82, 2.24) is 0 Å². The highest BCUT2D eigenvalue weighted by atomic mass is 19.4. The third kappa shape index (κ3) is 10.5. The van der Waals surface area contributed by atoms with E-state index in [9.17, 15) is 65.9 Å². The summed E-state index contributed by atoms with van der Waals surface area (Å²) < 4.78 is 212. The second-order valence-electron chi connectivity index (χ2n) is 13.5. The third-order valence-electron chi connectivity index (χ3n) is 9.17. The molecule has 0 amide bonds. The summed E-state index contributed by atoms with van der Waals surface area (Å²) in [5.74, 6) is -45.9. The van der Waals surface area contributed by atoms with Gasteiger partial charge in [0.1, 0.15) is 11.5 Å². The van der Waals surface area contributed by atoms with E-state index in [1.54, 1.807) is 0 Å². The number of nitrogens with zero attached hydrogens (tertiary/aromatic N) is 1. The minimum atomic E-state index is -8.30. The van der Waals surface area contributed by atoms with Crippen LogP contribution in [0.4, 0.5) is 65.9 Å². The molecule has 1 atom stereocenters. The van der Waals surface area contributed by atoms with Gasteiger partial charge in [-0.15, -0.1) is 0 Å². The van der Waals surface area contributed by atoms with Crippen molar-refractivity contribution in [2.45, 2.75) is 138 Å². The van der Waals surface area contributed by atoms with Crippen LogP contribution in [-0.2, 0) is 4.84 Å². The van der Waals surface area contributed by atoms with Crippen LogP contribution in [-0.4, -0.2) is 60.6 Å². The van der Waals surface area contributed by atoms with Crippen LogP contribution in [0.5, 0.6) is 11.5 Å². The lowest BCUT2D eigenvalue weighted by Crippen LogP contribution is -2.72. The lowest BCUT2D eigenvalue weighted by Gasteiger charge is -2.41. The van der Waals surface area contributed by atoms with Crippen LogP contribution in [0.2, 0.25) is 0 Å². The number of benzene rings is 2. The van der Waals surface area contributed by atoms with Crippen LogP contribution in [0.25, 0.3) is 0 Å². The highest BCUT2D eigenvalue weighted by molar-refractivity contribution is 6.01. The van der Waals surface area contributed by atoms with Gasteiger partial charge < -0.3 is 14.3 Å². The molecule has 1 aliphatic rings. The van der Waals surface area contributed by atoms with Crippen molar-refractivity contribution >= 4 is 5.71 Å². The molecule has 0 saturated heterocycles. The third-order valence-corrected chi connectivity index (χ3v) is 9.17. The van der Waals surface area contributed by atoms with Crippen LogP contribution in [0, 0.1) is 0 Å². The molecular weight excluding hydrogens is 791 g/mol. The molecule has 0 bridgehead atoms. The molecule has 4 nitrogen and oxygen atoms in total. The van der Waals surface area contributed by atoms with Crippen molar-refractivity contribution in [3.05, 3.63) is 59.7 Å². The molecule has 0 saturated carbocycles. The average molecular weight is 834 g/mol. The van der Waals surface area contributed by atoms with E-state index in [0.29, 0.717) is 30.1 Å². The molecule has 0 aliphatic carbocycles. The molecule has 318 valence electrons. The summed E-state index contributed by atoms with van der Waals surface area (Å²) in [7, 11) is 0. The fourth-order valence-corrected chi connectivity index (χ4v) is 5.67. The number of hydrogen-bond donors (Lipinski definition) is 0. The maximum absolute atomic E-state index is 14.1. The first-order valence-corrected chi connectivity index (χ1v) is 18.0. The van der Waals surface area contributed by atoms with Gasteiger partial charge in [-0.1, -0.05) is 82.0 Å². The molecule has 2 aromatic carbocycles. The van der Waals surface area contributed by atoms with Crippen molar-refractivity contribution in [3.8, 4) is 11.5 Å². The quantitative estimate of drug-likeness (QED) is 0.0781. The van der Waals surface area contributed by atoms with Crippen LogP contribution >= 0.6 is 0 Å². The number of unbranched alkanes of at least 4 members (excludes halogenated alkanes) is 9. The smallest absolute Gasteiger partial charge is 0.460 e. The average Bonchev–Trinajstić information content (AvgIpc) is 3.62. The zero-order chi connectivity index (χ0) is 42.1. The Kier molecular flexibility index (Phi) is 15.7. The Bertz CT molecular complexity index is 1530. The topological polar surface area (TPSA) is 40.0 Å². The minimum absolute atomic E-state index is 0.0841. The van der Waals surface area contributed by atoms with Crippen LogP contribution in [0.1, 0.15) is 108 Å². The Morgan fingerprint density at radius 3 is 1.46 bits per heavy atom. The lowest BCUT2D eigenvalue weighted by atomic mass is 9.90. The summed E-state index contributed by atoms with van der Waals surface area (Å²) in [4.78, 5) is 5.54. The van der Waals surface area contributed by atoms with Crippen LogP contribution < -0.4 is 9.47 Å². The number of halogens is 15. The SMILES string of the molecule is CCCCCCCCCCCCOc1ccc(C2CC(c3ccc(OCCCC(F)(F)C(F)(F)C(F)(F)C(F)(F)C(F)(F)C(F)(F)C(F)(F)F)cc3)=NO2)cc1. The first-order valence-electron chi connectivity index (χ1n) is 18.0. The summed E-state index contributed by atoms with van der Waals surface area (Å²) in [5, 5.41) is 4.06. The van der Waals surface area contributed by atoms with Gasteiger partial charge in [0.2, 0.25) is 0 Å². The van der Waals surface area contributed by atoms with Gasteiger partial charge in [-0.05, 0) is 60.4 Å². The van der Waals surface area contributed by atoms with Gasteiger partial charge in [0.25, 0.3) is 0 Å². The Labute approximate surface area is 313 Å². The first kappa shape index (κ1) is 46.8. The summed E-state index contributed by atoms with van der Waals surface area (Å²) in [6, 6.07) is 12.8. The monoisotopic (exact) mass is 833 g/mol. The van der Waals surface area contributed by atoms with Crippen molar-refractivity contribution in [1.29, 1.82) is 0 Å². The molecule has 1 aliphatic heterocycles. The predicted octanol–water partition coefficient (Wildman–Crippen LogP) is 13.4. The Morgan fingerprint density at radius 2 is 0.964 bits per heavy atom. The zero-order valence-corrected chi connectivity index (χ0v) is 30.1. The standard InChI is InChI=1S/C37H42F15NO3/c1-2-3-4-5-6-7-8-9-10-11-22-54-28-19-15-26(16-20-28)30-24-29(53-56-30)25-13-17-27(18-14-25)55-23-12-21-31(38,39)32(40,41)33(42,43)34(44,45)35(46,47)36(48,49)37(50,51)52/h13-20,30H,2-12,21-24H2,1H3. The van der Waals surface area contributed by atoms with E-state index in [1.165, 1.54) is 75.6 Å². The van der Waals surface area contributed by atoms with E-state index in [-0.39, 0.29) is 5.75 Å². The van der Waals surface area contributed by atoms with Crippen molar-refractivity contribution in [3.63, 3.8) is 0 Å². The molecule has 1 unspecified atom stereocenters. The Morgan fingerprint density at radius 1 is 0.536 bits per heavy atom. The highest BCUT2D eigenvalue weighted by Gasteiger charge is 2.93. The maximum Gasteiger partial charge on any atom is 0.460 e. The van der Waals surface area contributed by atoms with Gasteiger partial charge in [-0.2, -0.15) is 65.9 Å². The van der Waals surface area contributed by atoms with E-state index in [1.807, 2.05) is 24.3 Å². The fourth-order valence-electron chi connectivity index (χ4n) is 5.67. The molecule has 0 N–H and O–H groups in total. The van der Waals surface area contributed by atoms with Crippen molar-refractivity contribution in [2.24, 2.45) is 5.16 Å². The van der Waals surface area contributed by atoms with E-state index in [2.05, 4.69) is 12.1 Å². The number of oxime groups is 1. The van der Waals surface area contributed by atoms with Gasteiger partial charge in [0.15, 0.2) is 6.10 Å². The summed E-state index contributed by atoms with van der Waals surface area (Å²) in [6.45, 7) is 1.83. The molecule has 1 heterocycles. The van der Waals surface area contributed by atoms with E-state index in [4.69, 9.17) is 14.3 Å². The van der Waals surface area contributed by atoms with Gasteiger partial charge in [-0.3, -0.25) is 0 Å². The number of ether oxygens (including phenoxy) is 2. The number of hydrogen-bond acceptors (Lipinski definition) is 4. The zero-order valence-electron chi connectivity index (χ0n) is 30.1.